The Bertz CT molecular complexity index is 1540. The highest BCUT2D eigenvalue weighted by molar-refractivity contribution is 6.52. The minimum Gasteiger partial charge on any atom is -0.507 e. The van der Waals surface area contributed by atoms with Gasteiger partial charge in [-0.2, -0.15) is 0 Å². The van der Waals surface area contributed by atoms with E-state index >= 15 is 4.39 Å². The summed E-state index contributed by atoms with van der Waals surface area (Å²) >= 11 is 12.7. The largest absolute Gasteiger partial charge is 0.507 e. The van der Waals surface area contributed by atoms with Crippen LogP contribution in [0, 0.1) is 11.6 Å². The fraction of sp³-hybridized carbons (Fsp3) is 0.214. The molecule has 1 heterocycles. The second kappa shape index (κ2) is 11.6. The van der Waals surface area contributed by atoms with Gasteiger partial charge in [0.25, 0.3) is 11.7 Å². The molecule has 40 heavy (non-hydrogen) atoms. The van der Waals surface area contributed by atoms with Gasteiger partial charge in [-0.3, -0.25) is 14.5 Å². The number of ether oxygens (including phenoxy) is 4. The second-order valence-corrected chi connectivity index (χ2v) is 9.18. The van der Waals surface area contributed by atoms with Crippen molar-refractivity contribution in [1.82, 2.24) is 0 Å². The van der Waals surface area contributed by atoms with E-state index in [0.29, 0.717) is 11.8 Å². The second-order valence-electron chi connectivity index (χ2n) is 8.39. The number of hydrogen-bond acceptors (Lipinski definition) is 7. The number of rotatable bonds is 8. The predicted molar refractivity (Wildman–Crippen MR) is 145 cm³/mol. The number of methoxy groups -OCH3 is 3. The van der Waals surface area contributed by atoms with Gasteiger partial charge in [-0.15, -0.1) is 0 Å². The number of nitrogens with zero attached hydrogens (tertiary/aromatic N) is 1. The Morgan fingerprint density at radius 1 is 0.950 bits per heavy atom. The van der Waals surface area contributed by atoms with Crippen molar-refractivity contribution in [1.29, 1.82) is 0 Å². The molecule has 1 amide bonds. The van der Waals surface area contributed by atoms with Gasteiger partial charge in [0, 0.05) is 6.07 Å². The molecule has 1 atom stereocenters. The molecule has 0 aliphatic carbocycles. The fourth-order valence-corrected chi connectivity index (χ4v) is 5.18. The molecule has 0 radical (unpaired) electrons. The van der Waals surface area contributed by atoms with E-state index in [1.54, 1.807) is 6.92 Å². The van der Waals surface area contributed by atoms with Gasteiger partial charge in [-0.25, -0.2) is 8.78 Å². The lowest BCUT2D eigenvalue weighted by Gasteiger charge is -2.26. The van der Waals surface area contributed by atoms with Gasteiger partial charge in [0.15, 0.2) is 23.0 Å². The topological polar surface area (TPSA) is 94.5 Å². The zero-order valence-electron chi connectivity index (χ0n) is 21.7. The molecule has 1 N–H and O–H groups in total. The molecule has 1 saturated heterocycles. The minimum atomic E-state index is -1.39. The van der Waals surface area contributed by atoms with Crippen molar-refractivity contribution in [2.24, 2.45) is 0 Å². The molecular weight excluding hydrogens is 571 g/mol. The van der Waals surface area contributed by atoms with Crippen LogP contribution in [0.5, 0.6) is 23.0 Å². The average molecular weight is 594 g/mol. The molecule has 0 spiro atoms. The van der Waals surface area contributed by atoms with Crippen LogP contribution in [0.4, 0.5) is 14.5 Å². The Labute approximate surface area is 238 Å². The normalized spacial score (nSPS) is 16.3. The SMILES string of the molecule is CCOc1cc(C2/C(=C(\O)c3cc(Cl)c(OC)c(Cl)c3OC)C(=O)C(=O)N2c2ccc(F)cc2F)ccc1OC. The van der Waals surface area contributed by atoms with E-state index in [-0.39, 0.29) is 50.7 Å². The Kier molecular flexibility index (Phi) is 8.41. The lowest BCUT2D eigenvalue weighted by Crippen LogP contribution is -2.30. The maximum absolute atomic E-state index is 15.0. The summed E-state index contributed by atoms with van der Waals surface area (Å²) in [4.78, 5) is 27.7. The van der Waals surface area contributed by atoms with Crippen LogP contribution in [0.3, 0.4) is 0 Å². The summed E-state index contributed by atoms with van der Waals surface area (Å²) in [5.74, 6) is -4.43. The quantitative estimate of drug-likeness (QED) is 0.185. The van der Waals surface area contributed by atoms with E-state index < -0.39 is 40.7 Å². The summed E-state index contributed by atoms with van der Waals surface area (Å²) in [6.07, 6.45) is 0. The number of carbonyl (C=O) groups excluding carboxylic acids is 2. The van der Waals surface area contributed by atoms with Crippen LogP contribution in [-0.2, 0) is 9.59 Å². The highest BCUT2D eigenvalue weighted by Crippen LogP contribution is 2.49. The van der Waals surface area contributed by atoms with Crippen LogP contribution in [0.15, 0.2) is 48.0 Å². The highest BCUT2D eigenvalue weighted by Gasteiger charge is 2.48. The molecule has 1 aliphatic heterocycles. The number of aliphatic hydroxyl groups is 1. The number of carbonyl (C=O) groups is 2. The number of ketones is 1. The third-order valence-electron chi connectivity index (χ3n) is 6.21. The van der Waals surface area contributed by atoms with Gasteiger partial charge in [0.05, 0.1) is 55.8 Å². The van der Waals surface area contributed by atoms with Crippen LogP contribution in [-0.4, -0.2) is 44.7 Å². The van der Waals surface area contributed by atoms with Crippen molar-refractivity contribution >= 4 is 46.3 Å². The standard InChI is InChI=1S/C28H23Cl2F2NO7/c1-5-40-20-10-13(6-9-19(20)37-2)23-21(24(34)15-12-16(29)27(39-4)22(30)26(15)38-3)25(35)28(36)33(23)18-8-7-14(31)11-17(18)32/h6-12,23,34H,5H2,1-4H3/b24-21+. The summed E-state index contributed by atoms with van der Waals surface area (Å²) in [6, 6.07) is 6.95. The fourth-order valence-electron chi connectivity index (χ4n) is 4.50. The summed E-state index contributed by atoms with van der Waals surface area (Å²) in [7, 11) is 4.03. The van der Waals surface area contributed by atoms with Gasteiger partial charge in [0.2, 0.25) is 0 Å². The van der Waals surface area contributed by atoms with Crippen LogP contribution < -0.4 is 23.8 Å². The van der Waals surface area contributed by atoms with Gasteiger partial charge in [0.1, 0.15) is 22.4 Å². The van der Waals surface area contributed by atoms with Crippen LogP contribution >= 0.6 is 23.2 Å². The van der Waals surface area contributed by atoms with E-state index in [9.17, 15) is 19.1 Å². The molecule has 0 aromatic heterocycles. The van der Waals surface area contributed by atoms with Gasteiger partial charge >= 0.3 is 0 Å². The zero-order chi connectivity index (χ0) is 29.3. The Balaban J connectivity index is 2.06. The average Bonchev–Trinajstić information content (AvgIpc) is 3.18. The molecule has 210 valence electrons. The molecule has 8 nitrogen and oxygen atoms in total. The maximum Gasteiger partial charge on any atom is 0.300 e. The van der Waals surface area contributed by atoms with E-state index in [2.05, 4.69) is 0 Å². The van der Waals surface area contributed by atoms with Crippen LogP contribution in [0.1, 0.15) is 24.1 Å². The first-order valence-electron chi connectivity index (χ1n) is 11.8. The lowest BCUT2D eigenvalue weighted by molar-refractivity contribution is -0.132. The molecule has 1 fully saturated rings. The molecule has 3 aromatic carbocycles. The highest BCUT2D eigenvalue weighted by atomic mass is 35.5. The van der Waals surface area contributed by atoms with Crippen molar-refractivity contribution in [3.05, 3.63) is 80.8 Å². The van der Waals surface area contributed by atoms with Gasteiger partial charge in [-0.1, -0.05) is 29.3 Å². The Morgan fingerprint density at radius 3 is 2.25 bits per heavy atom. The van der Waals surface area contributed by atoms with Crippen LogP contribution in [0.2, 0.25) is 10.0 Å². The first kappa shape index (κ1) is 29.0. The summed E-state index contributed by atoms with van der Waals surface area (Å²) in [6.45, 7) is 2.00. The molecular formula is C28H23Cl2F2NO7. The smallest absolute Gasteiger partial charge is 0.300 e. The lowest BCUT2D eigenvalue weighted by atomic mass is 9.94. The Morgan fingerprint density at radius 2 is 1.65 bits per heavy atom. The molecule has 4 rings (SSSR count). The molecule has 12 heteroatoms. The molecule has 0 saturated carbocycles. The monoisotopic (exact) mass is 593 g/mol. The number of aliphatic hydroxyl groups excluding tert-OH is 1. The minimum absolute atomic E-state index is 0.0201. The van der Waals surface area contributed by atoms with E-state index in [1.807, 2.05) is 0 Å². The van der Waals surface area contributed by atoms with Crippen LogP contribution in [0.25, 0.3) is 5.76 Å². The predicted octanol–water partition coefficient (Wildman–Crippen LogP) is 6.32. The summed E-state index contributed by atoms with van der Waals surface area (Å²) in [5, 5.41) is 11.4. The van der Waals surface area contributed by atoms with E-state index in [1.165, 1.54) is 45.6 Å². The number of Topliss-reactive ketones (excluding diaryl/α,β-unsaturated/α-hetero) is 1. The molecule has 1 unspecified atom stereocenters. The van der Waals surface area contributed by atoms with E-state index in [0.717, 1.165) is 17.0 Å². The number of halogens is 4. The molecule has 1 aliphatic rings. The Hall–Kier alpha value is -4.02. The van der Waals surface area contributed by atoms with Gasteiger partial charge in [-0.05, 0) is 42.8 Å². The maximum atomic E-state index is 15.0. The van der Waals surface area contributed by atoms with Crippen molar-refractivity contribution in [3.63, 3.8) is 0 Å². The molecule has 3 aromatic rings. The number of benzene rings is 3. The summed E-state index contributed by atoms with van der Waals surface area (Å²) in [5.41, 5.74) is -0.700. The third kappa shape index (κ3) is 4.89. The van der Waals surface area contributed by atoms with E-state index in [4.69, 9.17) is 42.1 Å². The van der Waals surface area contributed by atoms with Crippen molar-refractivity contribution in [2.45, 2.75) is 13.0 Å². The summed E-state index contributed by atoms with van der Waals surface area (Å²) < 4.78 is 50.3. The zero-order valence-corrected chi connectivity index (χ0v) is 23.2. The van der Waals surface area contributed by atoms with Crippen molar-refractivity contribution in [3.8, 4) is 23.0 Å². The third-order valence-corrected chi connectivity index (χ3v) is 6.84. The van der Waals surface area contributed by atoms with Crippen molar-refractivity contribution in [2.75, 3.05) is 32.8 Å². The first-order chi connectivity index (χ1) is 19.1. The number of anilines is 1. The molecule has 0 bridgehead atoms. The number of hydrogen-bond donors (Lipinski definition) is 1. The van der Waals surface area contributed by atoms with Gasteiger partial charge < -0.3 is 24.1 Å². The van der Waals surface area contributed by atoms with Crippen molar-refractivity contribution < 1.29 is 42.4 Å². The number of amides is 1. The first-order valence-corrected chi connectivity index (χ1v) is 12.5.